The molecule has 0 spiro atoms. The lowest BCUT2D eigenvalue weighted by molar-refractivity contribution is 0.0640. The van der Waals surface area contributed by atoms with Crippen LogP contribution in [0.15, 0.2) is 30.5 Å². The zero-order valence-electron chi connectivity index (χ0n) is 12.5. The number of halogens is 1. The molecule has 6 heteroatoms. The highest BCUT2D eigenvalue weighted by molar-refractivity contribution is 6.21. The van der Waals surface area contributed by atoms with Crippen LogP contribution < -0.4 is 0 Å². The Bertz CT molecular complexity index is 793. The molecule has 1 aromatic carbocycles. The van der Waals surface area contributed by atoms with Crippen molar-refractivity contribution in [3.8, 4) is 0 Å². The van der Waals surface area contributed by atoms with E-state index < -0.39 is 11.7 Å². The van der Waals surface area contributed by atoms with Crippen molar-refractivity contribution in [2.24, 2.45) is 0 Å². The fourth-order valence-corrected chi connectivity index (χ4v) is 3.40. The van der Waals surface area contributed by atoms with Gasteiger partial charge in [-0.15, -0.1) is 0 Å². The highest BCUT2D eigenvalue weighted by atomic mass is 19.1. The predicted molar refractivity (Wildman–Crippen MR) is 80.3 cm³/mol. The van der Waals surface area contributed by atoms with Gasteiger partial charge in [0.1, 0.15) is 5.82 Å². The lowest BCUT2D eigenvalue weighted by Crippen LogP contribution is -2.29. The first kappa shape index (κ1) is 14.1. The summed E-state index contributed by atoms with van der Waals surface area (Å²) in [6.07, 6.45) is 6.57. The molecule has 118 valence electrons. The quantitative estimate of drug-likeness (QED) is 0.819. The Kier molecular flexibility index (Phi) is 3.25. The number of imide groups is 1. The second kappa shape index (κ2) is 5.30. The Morgan fingerprint density at radius 2 is 1.83 bits per heavy atom. The largest absolute Gasteiger partial charge is 0.269 e. The van der Waals surface area contributed by atoms with Crippen LogP contribution in [-0.4, -0.2) is 26.5 Å². The molecule has 0 saturated heterocycles. The standard InChI is InChI=1S/C17H16FN3O2/c18-11-5-6-14-15(9-11)17(23)20(16(14)22)10-12-7-8-21(19-12)13-3-1-2-4-13/h5-9,13H,1-4,10H2. The van der Waals surface area contributed by atoms with Crippen LogP contribution in [0.1, 0.15) is 58.1 Å². The van der Waals surface area contributed by atoms with Crippen molar-refractivity contribution >= 4 is 11.8 Å². The minimum absolute atomic E-state index is 0.119. The molecule has 0 unspecified atom stereocenters. The summed E-state index contributed by atoms with van der Waals surface area (Å²) in [7, 11) is 0. The van der Waals surface area contributed by atoms with Gasteiger partial charge in [0.2, 0.25) is 0 Å². The van der Waals surface area contributed by atoms with Crippen LogP contribution in [0.3, 0.4) is 0 Å². The maximum atomic E-state index is 13.3. The molecule has 5 nitrogen and oxygen atoms in total. The normalized spacial score (nSPS) is 18.0. The van der Waals surface area contributed by atoms with Gasteiger partial charge in [0.05, 0.1) is 29.4 Å². The number of carbonyl (C=O) groups excluding carboxylic acids is 2. The third-order valence-corrected chi connectivity index (χ3v) is 4.62. The van der Waals surface area contributed by atoms with E-state index in [0.29, 0.717) is 11.7 Å². The third-order valence-electron chi connectivity index (χ3n) is 4.62. The van der Waals surface area contributed by atoms with E-state index in [1.54, 1.807) is 0 Å². The third kappa shape index (κ3) is 2.34. The number of carbonyl (C=O) groups is 2. The van der Waals surface area contributed by atoms with E-state index in [1.807, 2.05) is 16.9 Å². The van der Waals surface area contributed by atoms with Gasteiger partial charge < -0.3 is 0 Å². The molecule has 1 aromatic heterocycles. The monoisotopic (exact) mass is 313 g/mol. The molecule has 4 rings (SSSR count). The van der Waals surface area contributed by atoms with Gasteiger partial charge >= 0.3 is 0 Å². The Labute approximate surface area is 132 Å². The summed E-state index contributed by atoms with van der Waals surface area (Å²) in [5.74, 6) is -1.36. The Balaban J connectivity index is 1.56. The summed E-state index contributed by atoms with van der Waals surface area (Å²) in [5.41, 5.74) is 1.06. The summed E-state index contributed by atoms with van der Waals surface area (Å²) in [5, 5.41) is 4.50. The molecular formula is C17H16FN3O2. The van der Waals surface area contributed by atoms with Crippen LogP contribution >= 0.6 is 0 Å². The van der Waals surface area contributed by atoms with E-state index in [1.165, 1.54) is 25.0 Å². The van der Waals surface area contributed by atoms with Crippen molar-refractivity contribution < 1.29 is 14.0 Å². The van der Waals surface area contributed by atoms with Crippen molar-refractivity contribution in [3.63, 3.8) is 0 Å². The van der Waals surface area contributed by atoms with Gasteiger partial charge in [0.15, 0.2) is 0 Å². The second-order valence-corrected chi connectivity index (χ2v) is 6.11. The summed E-state index contributed by atoms with van der Waals surface area (Å²) >= 11 is 0. The van der Waals surface area contributed by atoms with Gasteiger partial charge in [-0.2, -0.15) is 5.10 Å². The van der Waals surface area contributed by atoms with Gasteiger partial charge in [-0.3, -0.25) is 19.2 Å². The van der Waals surface area contributed by atoms with Gasteiger partial charge in [0.25, 0.3) is 11.8 Å². The lowest BCUT2D eigenvalue weighted by Gasteiger charge is -2.12. The Morgan fingerprint density at radius 1 is 1.09 bits per heavy atom. The van der Waals surface area contributed by atoms with Crippen molar-refractivity contribution in [1.29, 1.82) is 0 Å². The molecule has 1 saturated carbocycles. The molecular weight excluding hydrogens is 297 g/mol. The predicted octanol–water partition coefficient (Wildman–Crippen LogP) is 2.93. The average Bonchev–Trinajstić information content (AvgIpc) is 3.25. The first-order valence-electron chi connectivity index (χ1n) is 7.83. The van der Waals surface area contributed by atoms with Gasteiger partial charge in [-0.25, -0.2) is 4.39 Å². The maximum Gasteiger partial charge on any atom is 0.262 e. The molecule has 1 aliphatic carbocycles. The van der Waals surface area contributed by atoms with E-state index in [-0.39, 0.29) is 23.6 Å². The van der Waals surface area contributed by atoms with Crippen LogP contribution in [0.5, 0.6) is 0 Å². The molecule has 1 fully saturated rings. The molecule has 1 aliphatic heterocycles. The fourth-order valence-electron chi connectivity index (χ4n) is 3.40. The zero-order chi connectivity index (χ0) is 16.0. The summed E-state index contributed by atoms with van der Waals surface area (Å²) in [6, 6.07) is 5.93. The summed E-state index contributed by atoms with van der Waals surface area (Å²) in [4.78, 5) is 25.8. The molecule has 0 N–H and O–H groups in total. The van der Waals surface area contributed by atoms with E-state index in [4.69, 9.17) is 0 Å². The van der Waals surface area contributed by atoms with Crippen LogP contribution in [-0.2, 0) is 6.54 Å². The Morgan fingerprint density at radius 3 is 2.61 bits per heavy atom. The van der Waals surface area contributed by atoms with Crippen LogP contribution in [0, 0.1) is 5.82 Å². The highest BCUT2D eigenvalue weighted by Crippen LogP contribution is 2.29. The van der Waals surface area contributed by atoms with Crippen molar-refractivity contribution in [3.05, 3.63) is 53.1 Å². The SMILES string of the molecule is O=C1c2ccc(F)cc2C(=O)N1Cc1ccn(C2CCCC2)n1. The molecule has 0 atom stereocenters. The number of nitrogens with zero attached hydrogens (tertiary/aromatic N) is 3. The number of rotatable bonds is 3. The average molecular weight is 313 g/mol. The number of hydrogen-bond acceptors (Lipinski definition) is 3. The Hall–Kier alpha value is -2.50. The number of amides is 2. The van der Waals surface area contributed by atoms with Crippen molar-refractivity contribution in [1.82, 2.24) is 14.7 Å². The molecule has 0 radical (unpaired) electrons. The summed E-state index contributed by atoms with van der Waals surface area (Å²) in [6.45, 7) is 0.119. The van der Waals surface area contributed by atoms with Gasteiger partial charge in [-0.1, -0.05) is 12.8 Å². The topological polar surface area (TPSA) is 55.2 Å². The van der Waals surface area contributed by atoms with E-state index in [0.717, 1.165) is 23.8 Å². The van der Waals surface area contributed by atoms with Crippen LogP contribution in [0.25, 0.3) is 0 Å². The van der Waals surface area contributed by atoms with E-state index in [2.05, 4.69) is 5.10 Å². The van der Waals surface area contributed by atoms with Crippen molar-refractivity contribution in [2.75, 3.05) is 0 Å². The fraction of sp³-hybridized carbons (Fsp3) is 0.353. The first-order valence-corrected chi connectivity index (χ1v) is 7.83. The maximum absolute atomic E-state index is 13.3. The second-order valence-electron chi connectivity index (χ2n) is 6.11. The highest BCUT2D eigenvalue weighted by Gasteiger charge is 2.36. The minimum atomic E-state index is -0.516. The molecule has 2 aromatic rings. The van der Waals surface area contributed by atoms with E-state index >= 15 is 0 Å². The number of aromatic nitrogens is 2. The van der Waals surface area contributed by atoms with Gasteiger partial charge in [0, 0.05) is 6.20 Å². The zero-order valence-corrected chi connectivity index (χ0v) is 12.5. The molecule has 2 amide bonds. The minimum Gasteiger partial charge on any atom is -0.269 e. The number of fused-ring (bicyclic) bond motifs is 1. The molecule has 0 bridgehead atoms. The lowest BCUT2D eigenvalue weighted by atomic mass is 10.1. The molecule has 23 heavy (non-hydrogen) atoms. The summed E-state index contributed by atoms with van der Waals surface area (Å²) < 4.78 is 15.2. The van der Waals surface area contributed by atoms with E-state index in [9.17, 15) is 14.0 Å². The van der Waals surface area contributed by atoms with Crippen LogP contribution in [0.2, 0.25) is 0 Å². The van der Waals surface area contributed by atoms with Crippen LogP contribution in [0.4, 0.5) is 4.39 Å². The molecule has 2 heterocycles. The number of hydrogen-bond donors (Lipinski definition) is 0. The van der Waals surface area contributed by atoms with Gasteiger partial charge in [-0.05, 0) is 37.1 Å². The molecule has 2 aliphatic rings. The van der Waals surface area contributed by atoms with Crippen molar-refractivity contribution in [2.45, 2.75) is 38.3 Å². The number of benzene rings is 1. The smallest absolute Gasteiger partial charge is 0.262 e. The first-order chi connectivity index (χ1) is 11.1.